The number of rotatable bonds is 3. The zero-order chi connectivity index (χ0) is 21.5. The van der Waals surface area contributed by atoms with Crippen molar-refractivity contribution in [3.8, 4) is 22.5 Å². The number of anilines is 2. The van der Waals surface area contributed by atoms with Gasteiger partial charge in [-0.15, -0.1) is 0 Å². The zero-order valence-electron chi connectivity index (χ0n) is 16.2. The fourth-order valence-corrected chi connectivity index (χ4v) is 4.26. The van der Waals surface area contributed by atoms with E-state index in [1.54, 1.807) is 18.5 Å². The topological polar surface area (TPSA) is 77.4 Å². The van der Waals surface area contributed by atoms with Crippen LogP contribution in [0.1, 0.15) is 0 Å². The average molecular weight is 459 g/mol. The number of nitrogens with two attached hydrogens (primary N) is 1. The molecule has 1 aromatic carbocycles. The Kier molecular flexibility index (Phi) is 5.17. The fraction of sp³-hybridized carbons (Fsp3) is 0.182. The number of ether oxygens (including phenoxy) is 1. The number of hydrogen-bond acceptors (Lipinski definition) is 6. The highest BCUT2D eigenvalue weighted by Crippen LogP contribution is 2.42. The summed E-state index contributed by atoms with van der Waals surface area (Å²) < 4.78 is 25.4. The van der Waals surface area contributed by atoms with Crippen LogP contribution in [0.25, 0.3) is 33.4 Å². The third-order valence-corrected chi connectivity index (χ3v) is 5.95. The second kappa shape index (κ2) is 8.00. The SMILES string of the molecule is Nc1ncc(-c2ccnc(N3CCOCC3)c2)c2cc(-c3c(Cl)ccc(F)c3Cl)oc12. The lowest BCUT2D eigenvalue weighted by Crippen LogP contribution is -2.36. The van der Waals surface area contributed by atoms with E-state index < -0.39 is 5.82 Å². The molecule has 0 radical (unpaired) electrons. The standard InChI is InChI=1S/C22H17Cl2FN4O2/c23-15-1-2-16(25)20(24)19(15)17-10-13-14(11-28-22(26)21(13)31-17)12-3-4-27-18(9-12)29-5-7-30-8-6-29/h1-4,9-11H,5-8H2,(H2,26,28). The summed E-state index contributed by atoms with van der Waals surface area (Å²) in [6.45, 7) is 2.89. The second-order valence-corrected chi connectivity index (χ2v) is 7.92. The second-order valence-electron chi connectivity index (χ2n) is 7.13. The molecule has 5 rings (SSSR count). The smallest absolute Gasteiger partial charge is 0.177 e. The maximum absolute atomic E-state index is 14.1. The van der Waals surface area contributed by atoms with Crippen LogP contribution in [0.3, 0.4) is 0 Å². The fourth-order valence-electron chi connectivity index (χ4n) is 3.70. The Morgan fingerprint density at radius 3 is 2.68 bits per heavy atom. The number of fused-ring (bicyclic) bond motifs is 1. The highest BCUT2D eigenvalue weighted by atomic mass is 35.5. The highest BCUT2D eigenvalue weighted by Gasteiger charge is 2.21. The number of halogens is 3. The Bertz CT molecular complexity index is 1290. The minimum absolute atomic E-state index is 0.113. The van der Waals surface area contributed by atoms with Crippen molar-refractivity contribution in [3.63, 3.8) is 0 Å². The molecule has 31 heavy (non-hydrogen) atoms. The first-order valence-corrected chi connectivity index (χ1v) is 10.4. The van der Waals surface area contributed by atoms with Gasteiger partial charge in [0.1, 0.15) is 17.4 Å². The molecule has 3 aromatic heterocycles. The molecule has 0 atom stereocenters. The van der Waals surface area contributed by atoms with E-state index in [2.05, 4.69) is 14.9 Å². The van der Waals surface area contributed by atoms with Crippen molar-refractivity contribution in [3.05, 3.63) is 58.6 Å². The number of nitrogen functional groups attached to an aromatic ring is 1. The Labute approximate surface area is 187 Å². The lowest BCUT2D eigenvalue weighted by Gasteiger charge is -2.28. The molecule has 9 heteroatoms. The van der Waals surface area contributed by atoms with Gasteiger partial charge in [-0.1, -0.05) is 23.2 Å². The van der Waals surface area contributed by atoms with E-state index in [0.29, 0.717) is 24.6 Å². The van der Waals surface area contributed by atoms with Gasteiger partial charge in [-0.05, 0) is 35.9 Å². The zero-order valence-corrected chi connectivity index (χ0v) is 17.8. The maximum atomic E-state index is 14.1. The van der Waals surface area contributed by atoms with E-state index in [9.17, 15) is 4.39 Å². The van der Waals surface area contributed by atoms with Crippen molar-refractivity contribution in [1.82, 2.24) is 9.97 Å². The Balaban J connectivity index is 1.65. The number of furan rings is 1. The van der Waals surface area contributed by atoms with E-state index in [1.165, 1.54) is 12.1 Å². The summed E-state index contributed by atoms with van der Waals surface area (Å²) in [7, 11) is 0. The molecule has 2 N–H and O–H groups in total. The molecule has 0 amide bonds. The van der Waals surface area contributed by atoms with Crippen LogP contribution in [-0.2, 0) is 4.74 Å². The first-order chi connectivity index (χ1) is 15.0. The van der Waals surface area contributed by atoms with Gasteiger partial charge in [0.25, 0.3) is 0 Å². The van der Waals surface area contributed by atoms with Crippen LogP contribution in [0.4, 0.5) is 16.0 Å². The van der Waals surface area contributed by atoms with E-state index in [1.807, 2.05) is 12.1 Å². The van der Waals surface area contributed by atoms with Crippen molar-refractivity contribution in [2.45, 2.75) is 0 Å². The first-order valence-electron chi connectivity index (χ1n) is 9.64. The normalized spacial score (nSPS) is 14.4. The summed E-state index contributed by atoms with van der Waals surface area (Å²) >= 11 is 12.5. The lowest BCUT2D eigenvalue weighted by atomic mass is 10.0. The predicted octanol–water partition coefficient (Wildman–Crippen LogP) is 5.42. The van der Waals surface area contributed by atoms with Crippen molar-refractivity contribution in [2.24, 2.45) is 0 Å². The number of nitrogens with zero attached hydrogens (tertiary/aromatic N) is 3. The monoisotopic (exact) mass is 458 g/mol. The minimum atomic E-state index is -0.586. The van der Waals surface area contributed by atoms with Gasteiger partial charge in [-0.25, -0.2) is 14.4 Å². The quantitative estimate of drug-likeness (QED) is 0.412. The van der Waals surface area contributed by atoms with E-state index in [-0.39, 0.29) is 21.4 Å². The highest BCUT2D eigenvalue weighted by molar-refractivity contribution is 6.39. The molecular formula is C22H17Cl2FN4O2. The lowest BCUT2D eigenvalue weighted by molar-refractivity contribution is 0.122. The van der Waals surface area contributed by atoms with Crippen LogP contribution >= 0.6 is 23.2 Å². The van der Waals surface area contributed by atoms with E-state index >= 15 is 0 Å². The van der Waals surface area contributed by atoms with Crippen LogP contribution in [0.5, 0.6) is 0 Å². The minimum Gasteiger partial charge on any atom is -0.452 e. The number of aromatic nitrogens is 2. The Morgan fingerprint density at radius 1 is 1.06 bits per heavy atom. The van der Waals surface area contributed by atoms with Gasteiger partial charge in [-0.2, -0.15) is 0 Å². The van der Waals surface area contributed by atoms with Gasteiger partial charge < -0.3 is 19.8 Å². The molecule has 4 heterocycles. The molecule has 0 bridgehead atoms. The van der Waals surface area contributed by atoms with Crippen LogP contribution in [0, 0.1) is 5.82 Å². The molecule has 4 aromatic rings. The van der Waals surface area contributed by atoms with Crippen LogP contribution < -0.4 is 10.6 Å². The van der Waals surface area contributed by atoms with Crippen LogP contribution in [0.15, 0.2) is 47.1 Å². The number of hydrogen-bond donors (Lipinski definition) is 1. The predicted molar refractivity (Wildman–Crippen MR) is 120 cm³/mol. The van der Waals surface area contributed by atoms with Gasteiger partial charge in [-0.3, -0.25) is 0 Å². The largest absolute Gasteiger partial charge is 0.452 e. The molecule has 0 aliphatic carbocycles. The molecule has 1 saturated heterocycles. The first kappa shape index (κ1) is 20.1. The summed E-state index contributed by atoms with van der Waals surface area (Å²) in [6, 6.07) is 8.29. The molecule has 1 aliphatic rings. The molecule has 158 valence electrons. The molecule has 0 unspecified atom stereocenters. The summed E-state index contributed by atoms with van der Waals surface area (Å²) in [5.74, 6) is 0.798. The summed E-state index contributed by atoms with van der Waals surface area (Å²) in [6.07, 6.45) is 3.44. The third kappa shape index (κ3) is 3.59. The molecular weight excluding hydrogens is 442 g/mol. The molecule has 1 aliphatic heterocycles. The Hall–Kier alpha value is -2.87. The van der Waals surface area contributed by atoms with Gasteiger partial charge in [0.05, 0.1) is 28.8 Å². The van der Waals surface area contributed by atoms with Crippen molar-refractivity contribution < 1.29 is 13.5 Å². The molecule has 0 saturated carbocycles. The maximum Gasteiger partial charge on any atom is 0.177 e. The van der Waals surface area contributed by atoms with E-state index in [0.717, 1.165) is 35.4 Å². The summed E-state index contributed by atoms with van der Waals surface area (Å²) in [5.41, 5.74) is 8.43. The third-order valence-electron chi connectivity index (χ3n) is 5.27. The van der Waals surface area contributed by atoms with Crippen molar-refractivity contribution in [2.75, 3.05) is 36.9 Å². The number of benzene rings is 1. The summed E-state index contributed by atoms with van der Waals surface area (Å²) in [5, 5.41) is 0.883. The van der Waals surface area contributed by atoms with Gasteiger partial charge in [0.2, 0.25) is 0 Å². The van der Waals surface area contributed by atoms with E-state index in [4.69, 9.17) is 38.1 Å². The molecule has 0 spiro atoms. The van der Waals surface area contributed by atoms with Crippen LogP contribution in [-0.4, -0.2) is 36.3 Å². The average Bonchev–Trinajstić information content (AvgIpc) is 3.23. The Morgan fingerprint density at radius 2 is 1.87 bits per heavy atom. The van der Waals surface area contributed by atoms with Crippen LogP contribution in [0.2, 0.25) is 10.0 Å². The number of pyridine rings is 2. The van der Waals surface area contributed by atoms with Crippen molar-refractivity contribution in [1.29, 1.82) is 0 Å². The number of morpholine rings is 1. The molecule has 6 nitrogen and oxygen atoms in total. The summed E-state index contributed by atoms with van der Waals surface area (Å²) in [4.78, 5) is 11.0. The van der Waals surface area contributed by atoms with Gasteiger partial charge in [0.15, 0.2) is 11.4 Å². The molecule has 1 fully saturated rings. The van der Waals surface area contributed by atoms with Gasteiger partial charge in [0, 0.05) is 36.4 Å². The van der Waals surface area contributed by atoms with Gasteiger partial charge >= 0.3 is 0 Å². The van der Waals surface area contributed by atoms with Crippen molar-refractivity contribution >= 4 is 45.8 Å².